The molecular formula is C20H18ClN5O2. The van der Waals surface area contributed by atoms with Gasteiger partial charge in [0.25, 0.3) is 5.95 Å². The number of allylic oxidation sites excluding steroid dienone is 1. The summed E-state index contributed by atoms with van der Waals surface area (Å²) < 4.78 is 7.00. The average Bonchev–Trinajstić information content (AvgIpc) is 3.09. The number of hydrogen-bond acceptors (Lipinski definition) is 5. The number of anilines is 2. The molecule has 142 valence electrons. The molecule has 0 radical (unpaired) electrons. The van der Waals surface area contributed by atoms with E-state index >= 15 is 0 Å². The summed E-state index contributed by atoms with van der Waals surface area (Å²) in [4.78, 5) is 15.8. The number of halogens is 1. The van der Waals surface area contributed by atoms with Crippen LogP contribution in [0.4, 0.5) is 11.9 Å². The van der Waals surface area contributed by atoms with Crippen molar-refractivity contribution in [2.24, 2.45) is 0 Å². The molecule has 1 aliphatic heterocycles. The van der Waals surface area contributed by atoms with Crippen LogP contribution in [-0.2, 0) is 4.79 Å². The van der Waals surface area contributed by atoms with Crippen LogP contribution < -0.4 is 15.4 Å². The van der Waals surface area contributed by atoms with Crippen LogP contribution in [-0.4, -0.2) is 27.8 Å². The smallest absolute Gasteiger partial charge is 0.250 e. The van der Waals surface area contributed by atoms with Crippen LogP contribution in [0.15, 0.2) is 54.6 Å². The Bertz CT molecular complexity index is 1040. The number of fused-ring (bicyclic) bond motifs is 1. The van der Waals surface area contributed by atoms with E-state index in [1.54, 1.807) is 11.8 Å². The SMILES string of the molecule is COc1ccc(C2C=C(c3ccc(Cl)cc3)Nc3nc(NC(C)=O)nn32)cc1. The molecule has 0 fully saturated rings. The van der Waals surface area contributed by atoms with Gasteiger partial charge in [-0.3, -0.25) is 10.1 Å². The number of benzene rings is 2. The van der Waals surface area contributed by atoms with Gasteiger partial charge in [0.05, 0.1) is 7.11 Å². The summed E-state index contributed by atoms with van der Waals surface area (Å²) in [5, 5.41) is 11.0. The third kappa shape index (κ3) is 3.57. The van der Waals surface area contributed by atoms with Gasteiger partial charge in [0.15, 0.2) is 0 Å². The molecule has 2 N–H and O–H groups in total. The van der Waals surface area contributed by atoms with Gasteiger partial charge in [0, 0.05) is 17.6 Å². The molecule has 3 aromatic rings. The van der Waals surface area contributed by atoms with Crippen molar-refractivity contribution >= 4 is 35.1 Å². The lowest BCUT2D eigenvalue weighted by molar-refractivity contribution is -0.114. The number of rotatable bonds is 4. The van der Waals surface area contributed by atoms with Crippen LogP contribution in [0.1, 0.15) is 24.1 Å². The summed E-state index contributed by atoms with van der Waals surface area (Å²) in [5.74, 6) is 1.34. The van der Waals surface area contributed by atoms with E-state index in [0.717, 1.165) is 22.6 Å². The van der Waals surface area contributed by atoms with Gasteiger partial charge >= 0.3 is 0 Å². The van der Waals surface area contributed by atoms with Crippen molar-refractivity contribution in [1.82, 2.24) is 14.8 Å². The topological polar surface area (TPSA) is 81.1 Å². The summed E-state index contributed by atoms with van der Waals surface area (Å²) in [6, 6.07) is 15.1. The lowest BCUT2D eigenvalue weighted by Gasteiger charge is -2.24. The summed E-state index contributed by atoms with van der Waals surface area (Å²) >= 11 is 6.02. The quantitative estimate of drug-likeness (QED) is 0.699. The first-order valence-electron chi connectivity index (χ1n) is 8.66. The van der Waals surface area contributed by atoms with Gasteiger partial charge in [0.2, 0.25) is 11.9 Å². The maximum absolute atomic E-state index is 11.4. The molecule has 4 rings (SSSR count). The second kappa shape index (κ2) is 7.36. The molecule has 8 heteroatoms. The Morgan fingerprint density at radius 2 is 1.89 bits per heavy atom. The maximum Gasteiger partial charge on any atom is 0.250 e. The largest absolute Gasteiger partial charge is 0.497 e. The highest BCUT2D eigenvalue weighted by atomic mass is 35.5. The first-order valence-corrected chi connectivity index (χ1v) is 9.04. The van der Waals surface area contributed by atoms with Crippen molar-refractivity contribution in [3.8, 4) is 5.75 Å². The van der Waals surface area contributed by atoms with Crippen LogP contribution in [0, 0.1) is 0 Å². The zero-order chi connectivity index (χ0) is 19.7. The van der Waals surface area contributed by atoms with Crippen molar-refractivity contribution in [3.63, 3.8) is 0 Å². The Labute approximate surface area is 167 Å². The first-order chi connectivity index (χ1) is 13.5. The first kappa shape index (κ1) is 18.1. The van der Waals surface area contributed by atoms with Crippen molar-refractivity contribution in [3.05, 3.63) is 70.8 Å². The predicted octanol–water partition coefficient (Wildman–Crippen LogP) is 3.95. The Kier molecular flexibility index (Phi) is 4.75. The zero-order valence-electron chi connectivity index (χ0n) is 15.3. The van der Waals surface area contributed by atoms with Crippen molar-refractivity contribution < 1.29 is 9.53 Å². The van der Waals surface area contributed by atoms with Crippen LogP contribution in [0.25, 0.3) is 5.70 Å². The molecular weight excluding hydrogens is 378 g/mol. The van der Waals surface area contributed by atoms with E-state index in [4.69, 9.17) is 16.3 Å². The van der Waals surface area contributed by atoms with Crippen molar-refractivity contribution in [2.45, 2.75) is 13.0 Å². The maximum atomic E-state index is 11.4. The fourth-order valence-corrected chi connectivity index (χ4v) is 3.17. The van der Waals surface area contributed by atoms with Gasteiger partial charge in [-0.25, -0.2) is 4.68 Å². The number of methoxy groups -OCH3 is 1. The number of ether oxygens (including phenoxy) is 1. The molecule has 2 heterocycles. The van der Waals surface area contributed by atoms with E-state index in [-0.39, 0.29) is 17.9 Å². The number of carbonyl (C=O) groups excluding carboxylic acids is 1. The average molecular weight is 396 g/mol. The molecule has 0 bridgehead atoms. The predicted molar refractivity (Wildman–Crippen MR) is 109 cm³/mol. The highest BCUT2D eigenvalue weighted by Gasteiger charge is 2.25. The van der Waals surface area contributed by atoms with Crippen LogP contribution in [0.5, 0.6) is 5.75 Å². The number of carbonyl (C=O) groups is 1. The monoisotopic (exact) mass is 395 g/mol. The van der Waals surface area contributed by atoms with Crippen molar-refractivity contribution in [2.75, 3.05) is 17.7 Å². The van der Waals surface area contributed by atoms with Gasteiger partial charge < -0.3 is 10.1 Å². The Balaban J connectivity index is 1.78. The molecule has 0 saturated carbocycles. The molecule has 0 aliphatic carbocycles. The van der Waals surface area contributed by atoms with E-state index in [1.807, 2.05) is 48.5 Å². The lowest BCUT2D eigenvalue weighted by atomic mass is 10.0. The minimum atomic E-state index is -0.227. The minimum Gasteiger partial charge on any atom is -0.497 e. The fourth-order valence-electron chi connectivity index (χ4n) is 3.04. The minimum absolute atomic E-state index is 0.206. The van der Waals surface area contributed by atoms with Crippen molar-refractivity contribution in [1.29, 1.82) is 0 Å². The molecule has 2 aromatic carbocycles. The highest BCUT2D eigenvalue weighted by Crippen LogP contribution is 2.34. The Morgan fingerprint density at radius 1 is 1.18 bits per heavy atom. The molecule has 7 nitrogen and oxygen atoms in total. The molecule has 1 aliphatic rings. The molecule has 1 aromatic heterocycles. The summed E-state index contributed by atoms with van der Waals surface area (Å²) in [6.07, 6.45) is 2.06. The van der Waals surface area contributed by atoms with Gasteiger partial charge in [-0.2, -0.15) is 4.98 Å². The summed E-state index contributed by atoms with van der Waals surface area (Å²) in [7, 11) is 1.63. The molecule has 1 atom stereocenters. The third-order valence-corrected chi connectivity index (χ3v) is 4.62. The normalized spacial score (nSPS) is 15.2. The van der Waals surface area contributed by atoms with E-state index in [2.05, 4.69) is 26.8 Å². The second-order valence-corrected chi connectivity index (χ2v) is 6.75. The zero-order valence-corrected chi connectivity index (χ0v) is 16.1. The van der Waals surface area contributed by atoms with Crippen LogP contribution in [0.3, 0.4) is 0 Å². The molecule has 1 amide bonds. The van der Waals surface area contributed by atoms with E-state index in [1.165, 1.54) is 6.92 Å². The number of hydrogen-bond donors (Lipinski definition) is 2. The number of amides is 1. The van der Waals surface area contributed by atoms with Crippen LogP contribution >= 0.6 is 11.6 Å². The summed E-state index contributed by atoms with van der Waals surface area (Å²) in [6.45, 7) is 1.42. The molecule has 0 spiro atoms. The van der Waals surface area contributed by atoms with E-state index in [9.17, 15) is 4.79 Å². The van der Waals surface area contributed by atoms with Gasteiger partial charge in [0.1, 0.15) is 11.8 Å². The standard InChI is InChI=1S/C20H18ClN5O2/c1-12(27)22-19-24-20-23-17(13-3-7-15(21)8-4-13)11-18(26(20)25-19)14-5-9-16(28-2)10-6-14/h3-11,18H,1-2H3,(H2,22,23,24,25,27). The number of nitrogens with zero attached hydrogens (tertiary/aromatic N) is 3. The fraction of sp³-hybridized carbons (Fsp3) is 0.150. The van der Waals surface area contributed by atoms with Gasteiger partial charge in [-0.1, -0.05) is 35.9 Å². The lowest BCUT2D eigenvalue weighted by Crippen LogP contribution is -2.20. The summed E-state index contributed by atoms with van der Waals surface area (Å²) in [5.41, 5.74) is 2.86. The third-order valence-electron chi connectivity index (χ3n) is 4.37. The molecule has 28 heavy (non-hydrogen) atoms. The van der Waals surface area contributed by atoms with Gasteiger partial charge in [-0.15, -0.1) is 5.10 Å². The van der Waals surface area contributed by atoms with E-state index < -0.39 is 0 Å². The second-order valence-electron chi connectivity index (χ2n) is 6.32. The highest BCUT2D eigenvalue weighted by molar-refractivity contribution is 6.30. The van der Waals surface area contributed by atoms with Gasteiger partial charge in [-0.05, 0) is 41.5 Å². The molecule has 1 unspecified atom stereocenters. The Hall–Kier alpha value is -3.32. The van der Waals surface area contributed by atoms with Crippen LogP contribution in [0.2, 0.25) is 5.02 Å². The van der Waals surface area contributed by atoms with E-state index in [0.29, 0.717) is 11.0 Å². The number of nitrogens with one attached hydrogen (secondary N) is 2. The number of aromatic nitrogens is 3. The Morgan fingerprint density at radius 3 is 2.54 bits per heavy atom. The molecule has 0 saturated heterocycles.